The molecule has 0 bridgehead atoms. The molecule has 1 fully saturated rings. The normalized spacial score (nSPS) is 20.9. The molecule has 1 N–H and O–H groups in total. The van der Waals surface area contributed by atoms with Crippen LogP contribution in [-0.4, -0.2) is 29.7 Å². The van der Waals surface area contributed by atoms with Crippen LogP contribution in [0.1, 0.15) is 37.1 Å². The SMILES string of the molecule is Cc1cc(C)nc(S[C@H]2CCCC[C@H]2NS(=O)(=O)c2ccc(Cl)cc2)n1. The molecule has 1 aliphatic carbocycles. The van der Waals surface area contributed by atoms with Crippen molar-refractivity contribution in [2.75, 3.05) is 0 Å². The molecule has 1 aromatic carbocycles. The Hall–Kier alpha value is -1.15. The zero-order valence-corrected chi connectivity index (χ0v) is 17.2. The lowest BCUT2D eigenvalue weighted by atomic mass is 9.96. The summed E-state index contributed by atoms with van der Waals surface area (Å²) in [6.07, 6.45) is 3.85. The van der Waals surface area contributed by atoms with Crippen LogP contribution < -0.4 is 4.72 Å². The van der Waals surface area contributed by atoms with Crippen LogP contribution in [0.25, 0.3) is 0 Å². The van der Waals surface area contributed by atoms with E-state index >= 15 is 0 Å². The van der Waals surface area contributed by atoms with Gasteiger partial charge in [0.05, 0.1) is 4.90 Å². The van der Waals surface area contributed by atoms with E-state index < -0.39 is 10.0 Å². The van der Waals surface area contributed by atoms with Crippen molar-refractivity contribution in [3.05, 3.63) is 46.7 Å². The van der Waals surface area contributed by atoms with E-state index in [1.807, 2.05) is 19.9 Å². The van der Waals surface area contributed by atoms with Gasteiger partial charge in [-0.3, -0.25) is 0 Å². The van der Waals surface area contributed by atoms with Crippen molar-refractivity contribution < 1.29 is 8.42 Å². The molecule has 0 aliphatic heterocycles. The van der Waals surface area contributed by atoms with Crippen LogP contribution >= 0.6 is 23.4 Å². The van der Waals surface area contributed by atoms with Crippen molar-refractivity contribution in [1.29, 1.82) is 0 Å². The molecule has 3 rings (SSSR count). The number of hydrogen-bond donors (Lipinski definition) is 1. The molecule has 0 radical (unpaired) electrons. The monoisotopic (exact) mass is 411 g/mol. The van der Waals surface area contributed by atoms with E-state index in [4.69, 9.17) is 11.6 Å². The largest absolute Gasteiger partial charge is 0.240 e. The van der Waals surface area contributed by atoms with Gasteiger partial charge >= 0.3 is 0 Å². The summed E-state index contributed by atoms with van der Waals surface area (Å²) >= 11 is 7.43. The molecule has 0 spiro atoms. The highest BCUT2D eigenvalue weighted by molar-refractivity contribution is 7.99. The minimum atomic E-state index is -3.58. The van der Waals surface area contributed by atoms with Crippen LogP contribution in [0.15, 0.2) is 40.4 Å². The van der Waals surface area contributed by atoms with Gasteiger partial charge in [0.2, 0.25) is 10.0 Å². The maximum Gasteiger partial charge on any atom is 0.240 e. The van der Waals surface area contributed by atoms with Crippen LogP contribution in [0.2, 0.25) is 5.02 Å². The molecule has 2 atom stereocenters. The summed E-state index contributed by atoms with van der Waals surface area (Å²) in [5, 5.41) is 1.35. The molecule has 1 aromatic heterocycles. The zero-order valence-electron chi connectivity index (χ0n) is 14.8. The zero-order chi connectivity index (χ0) is 18.7. The third-order valence-corrected chi connectivity index (χ3v) is 7.37. The number of nitrogens with one attached hydrogen (secondary N) is 1. The predicted octanol–water partition coefficient (Wildman–Crippen LogP) is 4.13. The van der Waals surface area contributed by atoms with Gasteiger partial charge in [0.15, 0.2) is 5.16 Å². The molecule has 1 saturated carbocycles. The van der Waals surface area contributed by atoms with Crippen molar-refractivity contribution in [2.24, 2.45) is 0 Å². The average Bonchev–Trinajstić information content (AvgIpc) is 2.56. The molecule has 8 heteroatoms. The summed E-state index contributed by atoms with van der Waals surface area (Å²) in [6.45, 7) is 3.89. The van der Waals surface area contributed by atoms with Gasteiger partial charge in [-0.2, -0.15) is 0 Å². The minimum absolute atomic E-state index is 0.118. The number of benzene rings is 1. The highest BCUT2D eigenvalue weighted by Gasteiger charge is 2.31. The van der Waals surface area contributed by atoms with Crippen molar-refractivity contribution in [3.63, 3.8) is 0 Å². The van der Waals surface area contributed by atoms with Crippen LogP contribution in [0.5, 0.6) is 0 Å². The van der Waals surface area contributed by atoms with Crippen LogP contribution in [0.3, 0.4) is 0 Å². The fourth-order valence-corrected chi connectivity index (χ4v) is 5.98. The van der Waals surface area contributed by atoms with Gasteiger partial charge in [0.25, 0.3) is 0 Å². The Bertz CT molecular complexity index is 852. The first kappa shape index (κ1) is 19.6. The van der Waals surface area contributed by atoms with Crippen LogP contribution in [0, 0.1) is 13.8 Å². The summed E-state index contributed by atoms with van der Waals surface area (Å²) in [7, 11) is -3.58. The van der Waals surface area contributed by atoms with Gasteiger partial charge < -0.3 is 0 Å². The summed E-state index contributed by atoms with van der Waals surface area (Å²) in [4.78, 5) is 9.21. The van der Waals surface area contributed by atoms with E-state index in [2.05, 4.69) is 14.7 Å². The Labute approximate surface area is 164 Å². The molecule has 140 valence electrons. The molecular formula is C18H22ClN3O2S2. The van der Waals surface area contributed by atoms with Crippen molar-refractivity contribution in [2.45, 2.75) is 60.9 Å². The maximum atomic E-state index is 12.7. The number of aryl methyl sites for hydroxylation is 2. The number of sulfonamides is 1. The molecule has 0 amide bonds. The van der Waals surface area contributed by atoms with Gasteiger partial charge in [0, 0.05) is 27.7 Å². The second kappa shape index (κ2) is 8.25. The Morgan fingerprint density at radius 3 is 2.35 bits per heavy atom. The molecule has 26 heavy (non-hydrogen) atoms. The highest BCUT2D eigenvalue weighted by atomic mass is 35.5. The highest BCUT2D eigenvalue weighted by Crippen LogP contribution is 2.33. The van der Waals surface area contributed by atoms with E-state index in [0.29, 0.717) is 10.2 Å². The predicted molar refractivity (Wildman–Crippen MR) is 105 cm³/mol. The number of hydrogen-bond acceptors (Lipinski definition) is 5. The van der Waals surface area contributed by atoms with E-state index in [1.54, 1.807) is 23.9 Å². The number of thioether (sulfide) groups is 1. The Morgan fingerprint density at radius 2 is 1.69 bits per heavy atom. The summed E-state index contributed by atoms with van der Waals surface area (Å²) in [5.41, 5.74) is 1.85. The van der Waals surface area contributed by atoms with E-state index in [-0.39, 0.29) is 16.2 Å². The quantitative estimate of drug-likeness (QED) is 0.749. The van der Waals surface area contributed by atoms with Gasteiger partial charge in [-0.15, -0.1) is 0 Å². The molecule has 1 aliphatic rings. The number of rotatable bonds is 5. The first-order valence-electron chi connectivity index (χ1n) is 8.60. The third-order valence-electron chi connectivity index (χ3n) is 4.35. The first-order valence-corrected chi connectivity index (χ1v) is 11.3. The smallest absolute Gasteiger partial charge is 0.228 e. The summed E-state index contributed by atoms with van der Waals surface area (Å²) in [5.74, 6) is 0. The topological polar surface area (TPSA) is 72.0 Å². The summed E-state index contributed by atoms with van der Waals surface area (Å²) < 4.78 is 28.3. The van der Waals surface area contributed by atoms with Crippen LogP contribution in [0.4, 0.5) is 0 Å². The standard InChI is InChI=1S/C18H22ClN3O2S2/c1-12-11-13(2)21-18(20-12)25-17-6-4-3-5-16(17)22-26(23,24)15-9-7-14(19)8-10-15/h7-11,16-17,22H,3-6H2,1-2H3/t16-,17+/m1/s1. The van der Waals surface area contributed by atoms with Crippen molar-refractivity contribution in [3.8, 4) is 0 Å². The minimum Gasteiger partial charge on any atom is -0.228 e. The van der Waals surface area contributed by atoms with Gasteiger partial charge in [0.1, 0.15) is 0 Å². The molecule has 1 heterocycles. The van der Waals surface area contributed by atoms with Gasteiger partial charge in [-0.25, -0.2) is 23.1 Å². The molecule has 2 aromatic rings. The van der Waals surface area contributed by atoms with Crippen molar-refractivity contribution >= 4 is 33.4 Å². The average molecular weight is 412 g/mol. The molecular weight excluding hydrogens is 390 g/mol. The molecule has 5 nitrogen and oxygen atoms in total. The first-order chi connectivity index (χ1) is 12.3. The number of nitrogens with zero attached hydrogens (tertiary/aromatic N) is 2. The lowest BCUT2D eigenvalue weighted by molar-refractivity contribution is 0.422. The fourth-order valence-electron chi connectivity index (χ4n) is 3.14. The van der Waals surface area contributed by atoms with Gasteiger partial charge in [-0.1, -0.05) is 36.2 Å². The molecule has 0 saturated heterocycles. The third kappa shape index (κ3) is 4.97. The van der Waals surface area contributed by atoms with Crippen molar-refractivity contribution in [1.82, 2.24) is 14.7 Å². The Morgan fingerprint density at radius 1 is 1.08 bits per heavy atom. The van der Waals surface area contributed by atoms with Gasteiger partial charge in [-0.05, 0) is 57.0 Å². The van der Waals surface area contributed by atoms with E-state index in [9.17, 15) is 8.42 Å². The lowest BCUT2D eigenvalue weighted by Gasteiger charge is -2.31. The fraction of sp³-hybridized carbons (Fsp3) is 0.444. The Kier molecular flexibility index (Phi) is 6.22. The second-order valence-electron chi connectivity index (χ2n) is 6.56. The number of aromatic nitrogens is 2. The second-order valence-corrected chi connectivity index (χ2v) is 9.91. The summed E-state index contributed by atoms with van der Waals surface area (Å²) in [6, 6.07) is 8.04. The number of halogens is 1. The molecule has 0 unspecified atom stereocenters. The van der Waals surface area contributed by atoms with E-state index in [1.165, 1.54) is 12.1 Å². The lowest BCUT2D eigenvalue weighted by Crippen LogP contribution is -2.43. The maximum absolute atomic E-state index is 12.7. The van der Waals surface area contributed by atoms with Crippen LogP contribution in [-0.2, 0) is 10.0 Å². The Balaban J connectivity index is 1.77. The van der Waals surface area contributed by atoms with E-state index in [0.717, 1.165) is 37.1 Å².